The van der Waals surface area contributed by atoms with Gasteiger partial charge in [-0.3, -0.25) is 9.79 Å². The number of nitrogens with zero attached hydrogens (tertiary/aromatic N) is 2. The zero-order valence-corrected chi connectivity index (χ0v) is 13.2. The molecule has 5 heteroatoms. The highest BCUT2D eigenvalue weighted by Crippen LogP contribution is 2.18. The summed E-state index contributed by atoms with van der Waals surface area (Å²) in [7, 11) is 0. The van der Waals surface area contributed by atoms with Gasteiger partial charge in [-0.15, -0.1) is 0 Å². The number of carbonyl (C=O) groups excluding carboxylic acids is 1. The SMILES string of the molecule is CCCCN=C(NCC)N1CCCC(C(=O)OCC)C1. The summed E-state index contributed by atoms with van der Waals surface area (Å²) >= 11 is 0. The number of rotatable bonds is 6. The molecular formula is C15H29N3O2. The fourth-order valence-electron chi connectivity index (χ4n) is 2.39. The van der Waals surface area contributed by atoms with Crippen LogP contribution < -0.4 is 5.32 Å². The van der Waals surface area contributed by atoms with E-state index in [9.17, 15) is 4.79 Å². The first-order valence-electron chi connectivity index (χ1n) is 7.92. The van der Waals surface area contributed by atoms with Gasteiger partial charge in [0.05, 0.1) is 12.5 Å². The summed E-state index contributed by atoms with van der Waals surface area (Å²) in [6.07, 6.45) is 4.18. The van der Waals surface area contributed by atoms with Gasteiger partial charge in [-0.05, 0) is 33.1 Å². The molecule has 1 fully saturated rings. The quantitative estimate of drug-likeness (QED) is 0.351. The second-order valence-electron chi connectivity index (χ2n) is 5.13. The highest BCUT2D eigenvalue weighted by molar-refractivity contribution is 5.81. The number of piperidine rings is 1. The maximum absolute atomic E-state index is 11.9. The van der Waals surface area contributed by atoms with Crippen LogP contribution in [0.2, 0.25) is 0 Å². The number of unbranched alkanes of at least 4 members (excludes halogenated alkanes) is 1. The largest absolute Gasteiger partial charge is 0.466 e. The van der Waals surface area contributed by atoms with Crippen molar-refractivity contribution in [3.05, 3.63) is 0 Å². The molecule has 0 radical (unpaired) electrons. The van der Waals surface area contributed by atoms with Crippen molar-refractivity contribution in [1.82, 2.24) is 10.2 Å². The molecule has 0 aromatic carbocycles. The fraction of sp³-hybridized carbons (Fsp3) is 0.867. The predicted molar refractivity (Wildman–Crippen MR) is 81.8 cm³/mol. The predicted octanol–water partition coefficient (Wildman–Crippen LogP) is 2.03. The molecule has 116 valence electrons. The van der Waals surface area contributed by atoms with Crippen LogP contribution in [-0.2, 0) is 9.53 Å². The Balaban J connectivity index is 2.61. The summed E-state index contributed by atoms with van der Waals surface area (Å²) in [6, 6.07) is 0. The maximum atomic E-state index is 11.9. The van der Waals surface area contributed by atoms with Crippen LogP contribution >= 0.6 is 0 Å². The van der Waals surface area contributed by atoms with Crippen molar-refractivity contribution in [1.29, 1.82) is 0 Å². The average molecular weight is 283 g/mol. The fourth-order valence-corrected chi connectivity index (χ4v) is 2.39. The molecule has 1 unspecified atom stereocenters. The third kappa shape index (κ3) is 5.39. The first-order valence-corrected chi connectivity index (χ1v) is 7.92. The van der Waals surface area contributed by atoms with Crippen molar-refractivity contribution in [3.8, 4) is 0 Å². The first-order chi connectivity index (χ1) is 9.72. The number of hydrogen-bond donors (Lipinski definition) is 1. The van der Waals surface area contributed by atoms with Gasteiger partial charge in [-0.2, -0.15) is 0 Å². The van der Waals surface area contributed by atoms with Crippen LogP contribution in [-0.4, -0.2) is 49.6 Å². The van der Waals surface area contributed by atoms with Gasteiger partial charge in [-0.1, -0.05) is 13.3 Å². The molecule has 1 atom stereocenters. The van der Waals surface area contributed by atoms with Crippen LogP contribution in [0.5, 0.6) is 0 Å². The van der Waals surface area contributed by atoms with Crippen molar-refractivity contribution in [3.63, 3.8) is 0 Å². The number of aliphatic imine (C=N–C) groups is 1. The third-order valence-corrected chi connectivity index (χ3v) is 3.45. The molecule has 1 N–H and O–H groups in total. The summed E-state index contributed by atoms with van der Waals surface area (Å²) in [4.78, 5) is 18.7. The topological polar surface area (TPSA) is 53.9 Å². The minimum absolute atomic E-state index is 0.0151. The minimum Gasteiger partial charge on any atom is -0.466 e. The Kier molecular flexibility index (Phi) is 8.07. The van der Waals surface area contributed by atoms with E-state index in [1.165, 1.54) is 0 Å². The van der Waals surface area contributed by atoms with Gasteiger partial charge >= 0.3 is 5.97 Å². The number of esters is 1. The minimum atomic E-state index is -0.0680. The van der Waals surface area contributed by atoms with Crippen molar-refractivity contribution in [2.24, 2.45) is 10.9 Å². The second-order valence-corrected chi connectivity index (χ2v) is 5.13. The Morgan fingerprint density at radius 2 is 2.20 bits per heavy atom. The van der Waals surface area contributed by atoms with Crippen molar-refractivity contribution in [2.75, 3.05) is 32.8 Å². The highest BCUT2D eigenvalue weighted by Gasteiger charge is 2.28. The Morgan fingerprint density at radius 1 is 1.40 bits per heavy atom. The molecule has 0 bridgehead atoms. The zero-order chi connectivity index (χ0) is 14.8. The lowest BCUT2D eigenvalue weighted by Crippen LogP contribution is -2.48. The van der Waals surface area contributed by atoms with Crippen LogP contribution in [0.25, 0.3) is 0 Å². The first kappa shape index (κ1) is 16.8. The molecule has 1 saturated heterocycles. The molecule has 0 aliphatic carbocycles. The van der Waals surface area contributed by atoms with Gasteiger partial charge < -0.3 is 15.0 Å². The van der Waals surface area contributed by atoms with Gasteiger partial charge in [0, 0.05) is 26.2 Å². The Morgan fingerprint density at radius 3 is 2.85 bits per heavy atom. The number of guanidine groups is 1. The number of carbonyl (C=O) groups is 1. The smallest absolute Gasteiger partial charge is 0.310 e. The van der Waals surface area contributed by atoms with E-state index in [2.05, 4.69) is 29.1 Å². The van der Waals surface area contributed by atoms with E-state index < -0.39 is 0 Å². The number of hydrogen-bond acceptors (Lipinski definition) is 3. The van der Waals surface area contributed by atoms with Crippen LogP contribution in [0, 0.1) is 5.92 Å². The lowest BCUT2D eigenvalue weighted by atomic mass is 9.98. The molecular weight excluding hydrogens is 254 g/mol. The van der Waals surface area contributed by atoms with Crippen LogP contribution in [0.4, 0.5) is 0 Å². The van der Waals surface area contributed by atoms with E-state index in [4.69, 9.17) is 4.74 Å². The molecule has 1 aliphatic rings. The van der Waals surface area contributed by atoms with E-state index in [1.807, 2.05) is 6.92 Å². The summed E-state index contributed by atoms with van der Waals surface area (Å²) in [6.45, 7) is 9.94. The maximum Gasteiger partial charge on any atom is 0.310 e. The number of nitrogens with one attached hydrogen (secondary N) is 1. The van der Waals surface area contributed by atoms with Crippen molar-refractivity contribution in [2.45, 2.75) is 46.5 Å². The Labute approximate surface area is 122 Å². The second kappa shape index (κ2) is 9.61. The van der Waals surface area contributed by atoms with Crippen molar-refractivity contribution >= 4 is 11.9 Å². The molecule has 0 aromatic heterocycles. The van der Waals surface area contributed by atoms with E-state index in [0.717, 1.165) is 57.8 Å². The lowest BCUT2D eigenvalue weighted by molar-refractivity contribution is -0.149. The number of ether oxygens (including phenoxy) is 1. The van der Waals surface area contributed by atoms with E-state index >= 15 is 0 Å². The van der Waals surface area contributed by atoms with E-state index in [1.54, 1.807) is 0 Å². The van der Waals surface area contributed by atoms with Gasteiger partial charge in [0.15, 0.2) is 5.96 Å². The van der Waals surface area contributed by atoms with Crippen LogP contribution in [0.15, 0.2) is 4.99 Å². The van der Waals surface area contributed by atoms with Gasteiger partial charge in [0.25, 0.3) is 0 Å². The van der Waals surface area contributed by atoms with Crippen LogP contribution in [0.1, 0.15) is 46.5 Å². The lowest BCUT2D eigenvalue weighted by Gasteiger charge is -2.34. The summed E-state index contributed by atoms with van der Waals surface area (Å²) in [5, 5.41) is 3.33. The van der Waals surface area contributed by atoms with E-state index in [-0.39, 0.29) is 11.9 Å². The van der Waals surface area contributed by atoms with Gasteiger partial charge in [0.2, 0.25) is 0 Å². The molecule has 0 amide bonds. The average Bonchev–Trinajstić information content (AvgIpc) is 2.47. The Bertz CT molecular complexity index is 318. The summed E-state index contributed by atoms with van der Waals surface area (Å²) in [5.41, 5.74) is 0. The molecule has 0 saturated carbocycles. The molecule has 1 rings (SSSR count). The molecule has 1 aliphatic heterocycles. The molecule has 0 aromatic rings. The standard InChI is InChI=1S/C15H29N3O2/c1-4-7-10-17-15(16-5-2)18-11-8-9-13(12-18)14(19)20-6-3/h13H,4-12H2,1-3H3,(H,16,17). The van der Waals surface area contributed by atoms with Crippen molar-refractivity contribution < 1.29 is 9.53 Å². The molecule has 5 nitrogen and oxygen atoms in total. The van der Waals surface area contributed by atoms with Gasteiger partial charge in [0.1, 0.15) is 0 Å². The number of likely N-dealkylation sites (tertiary alicyclic amines) is 1. The Hall–Kier alpha value is -1.26. The molecule has 0 spiro atoms. The highest BCUT2D eigenvalue weighted by atomic mass is 16.5. The summed E-state index contributed by atoms with van der Waals surface area (Å²) < 4.78 is 5.14. The monoisotopic (exact) mass is 283 g/mol. The third-order valence-electron chi connectivity index (χ3n) is 3.45. The molecule has 20 heavy (non-hydrogen) atoms. The van der Waals surface area contributed by atoms with Gasteiger partial charge in [-0.25, -0.2) is 0 Å². The van der Waals surface area contributed by atoms with E-state index in [0.29, 0.717) is 6.61 Å². The molecule has 1 heterocycles. The zero-order valence-electron chi connectivity index (χ0n) is 13.2. The van der Waals surface area contributed by atoms with Crippen LogP contribution in [0.3, 0.4) is 0 Å². The normalized spacial score (nSPS) is 19.9. The summed E-state index contributed by atoms with van der Waals surface area (Å²) in [5.74, 6) is 0.857.